The highest BCUT2D eigenvalue weighted by atomic mass is 16.5. The Bertz CT molecular complexity index is 565. The largest absolute Gasteiger partial charge is 0.457 e. The van der Waals surface area contributed by atoms with E-state index in [0.29, 0.717) is 6.41 Å². The predicted octanol–water partition coefficient (Wildman–Crippen LogP) is 4.34. The van der Waals surface area contributed by atoms with E-state index in [1.165, 1.54) is 5.56 Å². The summed E-state index contributed by atoms with van der Waals surface area (Å²) in [6.45, 7) is 6.55. The van der Waals surface area contributed by atoms with Crippen LogP contribution in [-0.2, 0) is 10.2 Å². The zero-order chi connectivity index (χ0) is 14.6. The maximum absolute atomic E-state index is 10.3. The Labute approximate surface area is 119 Å². The van der Waals surface area contributed by atoms with Crippen LogP contribution in [0.25, 0.3) is 0 Å². The zero-order valence-electron chi connectivity index (χ0n) is 12.0. The molecule has 3 heteroatoms. The van der Waals surface area contributed by atoms with Crippen molar-refractivity contribution in [1.82, 2.24) is 0 Å². The highest BCUT2D eigenvalue weighted by Crippen LogP contribution is 2.27. The van der Waals surface area contributed by atoms with E-state index in [1.54, 1.807) is 12.1 Å². The first-order chi connectivity index (χ1) is 9.49. The maximum atomic E-state index is 10.3. The number of carbonyl (C=O) groups excluding carboxylic acids is 1. The minimum atomic E-state index is 0.140. The third-order valence-corrected chi connectivity index (χ3v) is 3.04. The molecule has 0 atom stereocenters. The van der Waals surface area contributed by atoms with Gasteiger partial charge in [-0.1, -0.05) is 32.9 Å². The van der Waals surface area contributed by atoms with E-state index in [4.69, 9.17) is 4.74 Å². The van der Waals surface area contributed by atoms with Crippen LogP contribution >= 0.6 is 0 Å². The first-order valence-corrected chi connectivity index (χ1v) is 6.58. The van der Waals surface area contributed by atoms with Crippen molar-refractivity contribution in [3.8, 4) is 11.5 Å². The Hall–Kier alpha value is -2.29. The molecule has 0 radical (unpaired) electrons. The molecule has 0 fully saturated rings. The summed E-state index contributed by atoms with van der Waals surface area (Å²) in [4.78, 5) is 10.3. The van der Waals surface area contributed by atoms with Crippen LogP contribution in [0.4, 0.5) is 5.69 Å². The monoisotopic (exact) mass is 269 g/mol. The van der Waals surface area contributed by atoms with Crippen molar-refractivity contribution in [3.05, 3.63) is 54.1 Å². The van der Waals surface area contributed by atoms with Crippen LogP contribution < -0.4 is 10.1 Å². The number of hydrogen-bond acceptors (Lipinski definition) is 2. The number of ether oxygens (including phenoxy) is 1. The highest BCUT2D eigenvalue weighted by Gasteiger charge is 2.13. The molecule has 0 unspecified atom stereocenters. The van der Waals surface area contributed by atoms with Crippen LogP contribution in [0, 0.1) is 0 Å². The molecule has 0 aromatic heterocycles. The molecule has 104 valence electrons. The SMILES string of the molecule is CC(C)(C)c1ccc(Oc2ccc(NC=O)cc2)cc1. The summed E-state index contributed by atoms with van der Waals surface area (Å²) in [5.74, 6) is 1.54. The van der Waals surface area contributed by atoms with Crippen LogP contribution in [0.2, 0.25) is 0 Å². The molecular formula is C17H19NO2. The molecule has 1 amide bonds. The van der Waals surface area contributed by atoms with E-state index < -0.39 is 0 Å². The molecule has 0 spiro atoms. The first-order valence-electron chi connectivity index (χ1n) is 6.58. The molecule has 20 heavy (non-hydrogen) atoms. The van der Waals surface area contributed by atoms with Gasteiger partial charge in [0.15, 0.2) is 0 Å². The van der Waals surface area contributed by atoms with Crippen molar-refractivity contribution in [2.45, 2.75) is 26.2 Å². The summed E-state index contributed by atoms with van der Waals surface area (Å²) in [7, 11) is 0. The summed E-state index contributed by atoms with van der Waals surface area (Å²) in [6.07, 6.45) is 0.654. The van der Waals surface area contributed by atoms with Gasteiger partial charge in [0.25, 0.3) is 0 Å². The lowest BCUT2D eigenvalue weighted by atomic mass is 9.87. The number of rotatable bonds is 4. The van der Waals surface area contributed by atoms with Gasteiger partial charge < -0.3 is 10.1 Å². The summed E-state index contributed by atoms with van der Waals surface area (Å²) in [5.41, 5.74) is 2.16. The van der Waals surface area contributed by atoms with Crippen molar-refractivity contribution in [1.29, 1.82) is 0 Å². The molecule has 0 saturated heterocycles. The molecule has 0 aliphatic heterocycles. The lowest BCUT2D eigenvalue weighted by Crippen LogP contribution is -2.10. The van der Waals surface area contributed by atoms with E-state index in [9.17, 15) is 4.79 Å². The standard InChI is InChI=1S/C17H19NO2/c1-17(2,3)13-4-8-15(9-5-13)20-16-10-6-14(7-11-16)18-12-19/h4-12H,1-3H3,(H,18,19). The number of anilines is 1. The predicted molar refractivity (Wildman–Crippen MR) is 81.3 cm³/mol. The number of carbonyl (C=O) groups is 1. The van der Waals surface area contributed by atoms with Gasteiger partial charge in [-0.15, -0.1) is 0 Å². The van der Waals surface area contributed by atoms with Gasteiger partial charge in [-0.3, -0.25) is 4.79 Å². The Morgan fingerprint density at radius 1 is 0.900 bits per heavy atom. The van der Waals surface area contributed by atoms with Crippen LogP contribution in [0.3, 0.4) is 0 Å². The van der Waals surface area contributed by atoms with Gasteiger partial charge in [0.1, 0.15) is 11.5 Å². The number of hydrogen-bond donors (Lipinski definition) is 1. The van der Waals surface area contributed by atoms with Gasteiger partial charge in [-0.25, -0.2) is 0 Å². The number of amides is 1. The molecule has 1 N–H and O–H groups in total. The molecule has 0 heterocycles. The summed E-state index contributed by atoms with van der Waals surface area (Å²) in [6, 6.07) is 15.3. The van der Waals surface area contributed by atoms with E-state index >= 15 is 0 Å². The second-order valence-corrected chi connectivity index (χ2v) is 5.66. The third kappa shape index (κ3) is 3.60. The third-order valence-electron chi connectivity index (χ3n) is 3.04. The first kappa shape index (κ1) is 14.1. The summed E-state index contributed by atoms with van der Waals surface area (Å²) < 4.78 is 5.76. The van der Waals surface area contributed by atoms with Crippen LogP contribution in [0.1, 0.15) is 26.3 Å². The van der Waals surface area contributed by atoms with Crippen molar-refractivity contribution < 1.29 is 9.53 Å². The van der Waals surface area contributed by atoms with Gasteiger partial charge in [0, 0.05) is 5.69 Å². The molecule has 2 rings (SSSR count). The van der Waals surface area contributed by atoms with Gasteiger partial charge in [-0.05, 0) is 47.4 Å². The fourth-order valence-corrected chi connectivity index (χ4v) is 1.85. The molecule has 2 aromatic carbocycles. The van der Waals surface area contributed by atoms with Crippen molar-refractivity contribution in [3.63, 3.8) is 0 Å². The fraction of sp³-hybridized carbons (Fsp3) is 0.235. The quantitative estimate of drug-likeness (QED) is 0.838. The summed E-state index contributed by atoms with van der Waals surface area (Å²) in [5, 5.41) is 2.59. The van der Waals surface area contributed by atoms with E-state index in [0.717, 1.165) is 17.2 Å². The van der Waals surface area contributed by atoms with E-state index in [1.807, 2.05) is 24.3 Å². The topological polar surface area (TPSA) is 38.3 Å². The average molecular weight is 269 g/mol. The minimum absolute atomic E-state index is 0.140. The Balaban J connectivity index is 2.08. The van der Waals surface area contributed by atoms with Crippen LogP contribution in [-0.4, -0.2) is 6.41 Å². The minimum Gasteiger partial charge on any atom is -0.457 e. The average Bonchev–Trinajstić information content (AvgIpc) is 2.41. The Morgan fingerprint density at radius 3 is 1.85 bits per heavy atom. The molecule has 2 aromatic rings. The summed E-state index contributed by atoms with van der Waals surface area (Å²) >= 11 is 0. The Morgan fingerprint density at radius 2 is 1.40 bits per heavy atom. The number of nitrogens with one attached hydrogen (secondary N) is 1. The van der Waals surface area contributed by atoms with Gasteiger partial charge in [0.05, 0.1) is 0 Å². The van der Waals surface area contributed by atoms with E-state index in [-0.39, 0.29) is 5.41 Å². The van der Waals surface area contributed by atoms with Crippen molar-refractivity contribution >= 4 is 12.1 Å². The van der Waals surface area contributed by atoms with Gasteiger partial charge >= 0.3 is 0 Å². The second kappa shape index (κ2) is 5.78. The fourth-order valence-electron chi connectivity index (χ4n) is 1.85. The molecule has 0 bridgehead atoms. The molecule has 0 aliphatic rings. The number of benzene rings is 2. The lowest BCUT2D eigenvalue weighted by molar-refractivity contribution is -0.105. The molecule has 0 saturated carbocycles. The second-order valence-electron chi connectivity index (χ2n) is 5.66. The van der Waals surface area contributed by atoms with Crippen LogP contribution in [0.5, 0.6) is 11.5 Å². The van der Waals surface area contributed by atoms with Crippen LogP contribution in [0.15, 0.2) is 48.5 Å². The maximum Gasteiger partial charge on any atom is 0.211 e. The highest BCUT2D eigenvalue weighted by molar-refractivity contribution is 5.71. The normalized spacial score (nSPS) is 10.9. The van der Waals surface area contributed by atoms with E-state index in [2.05, 4.69) is 38.2 Å². The smallest absolute Gasteiger partial charge is 0.211 e. The molecule has 3 nitrogen and oxygen atoms in total. The van der Waals surface area contributed by atoms with Gasteiger partial charge in [-0.2, -0.15) is 0 Å². The molecule has 0 aliphatic carbocycles. The van der Waals surface area contributed by atoms with Crippen molar-refractivity contribution in [2.24, 2.45) is 0 Å². The zero-order valence-corrected chi connectivity index (χ0v) is 12.0. The van der Waals surface area contributed by atoms with Crippen molar-refractivity contribution in [2.75, 3.05) is 5.32 Å². The van der Waals surface area contributed by atoms with Gasteiger partial charge in [0.2, 0.25) is 6.41 Å². The Kier molecular flexibility index (Phi) is 4.08. The lowest BCUT2D eigenvalue weighted by Gasteiger charge is -2.19. The molecular weight excluding hydrogens is 250 g/mol.